The molecule has 2 N–H and O–H groups in total. The number of benzene rings is 1. The molecule has 0 saturated carbocycles. The van der Waals surface area contributed by atoms with E-state index in [1.165, 1.54) is 30.2 Å². The molecule has 1 rings (SSSR count). The summed E-state index contributed by atoms with van der Waals surface area (Å²) in [4.78, 5) is 0. The fourth-order valence-electron chi connectivity index (χ4n) is 1.33. The molecule has 0 aliphatic rings. The van der Waals surface area contributed by atoms with E-state index < -0.39 is 9.84 Å². The topological polar surface area (TPSA) is 60.2 Å². The summed E-state index contributed by atoms with van der Waals surface area (Å²) in [5.74, 6) is 6.43. The zero-order chi connectivity index (χ0) is 14.3. The monoisotopic (exact) mass is 301 g/mol. The fraction of sp³-hybridized carbons (Fsp3) is 0.385. The second-order valence-corrected chi connectivity index (χ2v) is 7.35. The van der Waals surface area contributed by atoms with Crippen LogP contribution in [-0.2, 0) is 15.6 Å². The fourth-order valence-corrected chi connectivity index (χ4v) is 3.63. The maximum absolute atomic E-state index is 13.1. The number of halogens is 1. The Hall–Kier alpha value is -1.03. The number of rotatable bonds is 5. The molecule has 104 valence electrons. The second-order valence-electron chi connectivity index (χ2n) is 3.99. The molecule has 0 atom stereocenters. The quantitative estimate of drug-likeness (QED) is 0.660. The van der Waals surface area contributed by atoms with E-state index in [2.05, 4.69) is 11.8 Å². The van der Waals surface area contributed by atoms with Crippen LogP contribution in [0.3, 0.4) is 0 Å². The van der Waals surface area contributed by atoms with Gasteiger partial charge in [0.1, 0.15) is 15.7 Å². The molecule has 1 aromatic carbocycles. The minimum atomic E-state index is -2.93. The molecule has 0 aliphatic carbocycles. The van der Waals surface area contributed by atoms with E-state index in [1.807, 2.05) is 0 Å². The van der Waals surface area contributed by atoms with Crippen molar-refractivity contribution in [1.29, 1.82) is 0 Å². The van der Waals surface area contributed by atoms with E-state index in [0.717, 1.165) is 5.56 Å². The molecule has 0 amide bonds. The SMILES string of the molecule is CS(=O)(=O)CCSCc1ccc(F)cc1C#CCN. The number of hydrogen-bond acceptors (Lipinski definition) is 4. The van der Waals surface area contributed by atoms with Gasteiger partial charge in [0, 0.05) is 23.3 Å². The van der Waals surface area contributed by atoms with Crippen LogP contribution in [0.5, 0.6) is 0 Å². The molecule has 19 heavy (non-hydrogen) atoms. The lowest BCUT2D eigenvalue weighted by molar-refractivity contribution is 0.603. The van der Waals surface area contributed by atoms with Gasteiger partial charge in [-0.25, -0.2) is 12.8 Å². The van der Waals surface area contributed by atoms with E-state index in [4.69, 9.17) is 5.73 Å². The normalized spacial score (nSPS) is 10.9. The lowest BCUT2D eigenvalue weighted by atomic mass is 10.1. The Labute approximate surface area is 117 Å². The van der Waals surface area contributed by atoms with Crippen LogP contribution in [0.25, 0.3) is 0 Å². The molecule has 0 aliphatic heterocycles. The molecule has 0 bridgehead atoms. The van der Waals surface area contributed by atoms with E-state index in [-0.39, 0.29) is 18.1 Å². The summed E-state index contributed by atoms with van der Waals surface area (Å²) in [7, 11) is -2.93. The lowest BCUT2D eigenvalue weighted by Gasteiger charge is -2.05. The summed E-state index contributed by atoms with van der Waals surface area (Å²) in [5.41, 5.74) is 6.79. The van der Waals surface area contributed by atoms with Crippen molar-refractivity contribution in [2.45, 2.75) is 5.75 Å². The van der Waals surface area contributed by atoms with Crippen LogP contribution in [-0.4, -0.2) is 32.7 Å². The number of sulfone groups is 1. The van der Waals surface area contributed by atoms with Crippen LogP contribution in [0, 0.1) is 17.7 Å². The van der Waals surface area contributed by atoms with Crippen LogP contribution in [0.4, 0.5) is 4.39 Å². The Bertz CT molecular complexity index is 588. The van der Waals surface area contributed by atoms with Gasteiger partial charge in [-0.1, -0.05) is 17.9 Å². The van der Waals surface area contributed by atoms with Crippen LogP contribution in [0.15, 0.2) is 18.2 Å². The molecule has 0 spiro atoms. The first-order valence-electron chi connectivity index (χ1n) is 5.65. The molecule has 0 saturated heterocycles. The Balaban J connectivity index is 2.67. The Kier molecular flexibility index (Phi) is 6.35. The van der Waals surface area contributed by atoms with Crippen molar-refractivity contribution in [3.63, 3.8) is 0 Å². The van der Waals surface area contributed by atoms with Crippen molar-refractivity contribution in [3.05, 3.63) is 35.1 Å². The molecule has 0 unspecified atom stereocenters. The van der Waals surface area contributed by atoms with Crippen molar-refractivity contribution < 1.29 is 12.8 Å². The predicted octanol–water partition coefficient (Wildman–Crippen LogP) is 1.41. The first kappa shape index (κ1) is 16.0. The minimum absolute atomic E-state index is 0.142. The third-order valence-corrected chi connectivity index (χ3v) is 4.47. The number of hydrogen-bond donors (Lipinski definition) is 1. The highest BCUT2D eigenvalue weighted by molar-refractivity contribution is 7.99. The second kappa shape index (κ2) is 7.53. The molecule has 0 aromatic heterocycles. The van der Waals surface area contributed by atoms with Gasteiger partial charge in [0.05, 0.1) is 12.3 Å². The van der Waals surface area contributed by atoms with E-state index in [9.17, 15) is 12.8 Å². The summed E-state index contributed by atoms with van der Waals surface area (Å²) in [5, 5.41) is 0. The van der Waals surface area contributed by atoms with Crippen LogP contribution in [0.1, 0.15) is 11.1 Å². The molecule has 0 radical (unpaired) electrons. The molecular formula is C13H16FNO2S2. The van der Waals surface area contributed by atoms with Gasteiger partial charge in [0.15, 0.2) is 0 Å². The summed E-state index contributed by atoms with van der Waals surface area (Å²) in [6, 6.07) is 4.42. The summed E-state index contributed by atoms with van der Waals surface area (Å²) in [6.07, 6.45) is 1.21. The Morgan fingerprint density at radius 2 is 2.16 bits per heavy atom. The van der Waals surface area contributed by atoms with Crippen molar-refractivity contribution in [3.8, 4) is 11.8 Å². The highest BCUT2D eigenvalue weighted by Gasteiger charge is 2.05. The van der Waals surface area contributed by atoms with Crippen molar-refractivity contribution in [1.82, 2.24) is 0 Å². The average molecular weight is 301 g/mol. The first-order chi connectivity index (χ1) is 8.92. The first-order valence-corrected chi connectivity index (χ1v) is 8.87. The van der Waals surface area contributed by atoms with Crippen molar-refractivity contribution >= 4 is 21.6 Å². The van der Waals surface area contributed by atoms with Gasteiger partial charge < -0.3 is 5.73 Å². The molecule has 0 fully saturated rings. The third-order valence-electron chi connectivity index (χ3n) is 2.25. The van der Waals surface area contributed by atoms with Crippen LogP contribution < -0.4 is 5.73 Å². The smallest absolute Gasteiger partial charge is 0.148 e. The number of thioether (sulfide) groups is 1. The summed E-state index contributed by atoms with van der Waals surface area (Å²) in [6.45, 7) is 0.219. The Morgan fingerprint density at radius 1 is 1.42 bits per heavy atom. The highest BCUT2D eigenvalue weighted by Crippen LogP contribution is 2.17. The highest BCUT2D eigenvalue weighted by atomic mass is 32.2. The Morgan fingerprint density at radius 3 is 2.79 bits per heavy atom. The van der Waals surface area contributed by atoms with Crippen LogP contribution in [0.2, 0.25) is 0 Å². The van der Waals surface area contributed by atoms with E-state index in [0.29, 0.717) is 17.1 Å². The molecule has 3 nitrogen and oxygen atoms in total. The van der Waals surface area contributed by atoms with Gasteiger partial charge in [-0.3, -0.25) is 0 Å². The minimum Gasteiger partial charge on any atom is -0.320 e. The standard InChI is InChI=1S/C13H16FNO2S2/c1-19(16,17)8-7-18-10-12-4-5-13(14)9-11(12)3-2-6-15/h4-5,9H,6-8,10,15H2,1H3. The maximum atomic E-state index is 13.1. The van der Waals surface area contributed by atoms with E-state index >= 15 is 0 Å². The van der Waals surface area contributed by atoms with Crippen molar-refractivity contribution in [2.24, 2.45) is 5.73 Å². The maximum Gasteiger partial charge on any atom is 0.148 e. The van der Waals surface area contributed by atoms with Crippen LogP contribution >= 0.6 is 11.8 Å². The molecule has 6 heteroatoms. The van der Waals surface area contributed by atoms with Gasteiger partial charge >= 0.3 is 0 Å². The van der Waals surface area contributed by atoms with E-state index in [1.54, 1.807) is 6.07 Å². The molecular weight excluding hydrogens is 285 g/mol. The molecule has 0 heterocycles. The lowest BCUT2D eigenvalue weighted by Crippen LogP contribution is -2.05. The van der Waals surface area contributed by atoms with Gasteiger partial charge in [0.25, 0.3) is 0 Å². The largest absolute Gasteiger partial charge is 0.320 e. The van der Waals surface area contributed by atoms with Gasteiger partial charge in [-0.2, -0.15) is 11.8 Å². The number of nitrogens with two attached hydrogens (primary N) is 1. The summed E-state index contributed by atoms with van der Waals surface area (Å²) < 4.78 is 35.1. The third kappa shape index (κ3) is 6.62. The van der Waals surface area contributed by atoms with Gasteiger partial charge in [-0.05, 0) is 17.7 Å². The van der Waals surface area contributed by atoms with Crippen molar-refractivity contribution in [2.75, 3.05) is 24.3 Å². The predicted molar refractivity (Wildman–Crippen MR) is 78.2 cm³/mol. The summed E-state index contributed by atoms with van der Waals surface area (Å²) >= 11 is 1.49. The molecule has 1 aromatic rings. The zero-order valence-electron chi connectivity index (χ0n) is 10.6. The zero-order valence-corrected chi connectivity index (χ0v) is 12.3. The van der Waals surface area contributed by atoms with Gasteiger partial charge in [0.2, 0.25) is 0 Å². The average Bonchev–Trinajstić information content (AvgIpc) is 2.32. The van der Waals surface area contributed by atoms with Gasteiger partial charge in [-0.15, -0.1) is 0 Å².